The average molecular weight is 885 g/mol. The molecule has 0 aliphatic rings. The van der Waals surface area contributed by atoms with Crippen LogP contribution in [0.2, 0.25) is 0 Å². The number of phosphoric ester groups is 1. The van der Waals surface area contributed by atoms with Gasteiger partial charge < -0.3 is 28.8 Å². The van der Waals surface area contributed by atoms with Crippen molar-refractivity contribution < 1.29 is 32.9 Å². The number of aliphatic hydroxyl groups is 1. The molecule has 1 amide bonds. The Morgan fingerprint density at radius 1 is 0.557 bits per heavy atom. The van der Waals surface area contributed by atoms with Crippen LogP contribution >= 0.6 is 7.82 Å². The van der Waals surface area contributed by atoms with Crippen molar-refractivity contribution in [3.63, 3.8) is 0 Å². The van der Waals surface area contributed by atoms with Gasteiger partial charge in [-0.25, -0.2) is 0 Å². The molecule has 9 heteroatoms. The maximum Gasteiger partial charge on any atom is 0.268 e. The fraction of sp³-hybridized carbons (Fsp3) is 0.942. The highest BCUT2D eigenvalue weighted by Gasteiger charge is 2.23. The molecule has 0 bridgehead atoms. The lowest BCUT2D eigenvalue weighted by Gasteiger charge is -2.29. The minimum Gasteiger partial charge on any atom is -0.756 e. The van der Waals surface area contributed by atoms with Crippen molar-refractivity contribution in [1.82, 2.24) is 5.32 Å². The predicted molar refractivity (Wildman–Crippen MR) is 261 cm³/mol. The summed E-state index contributed by atoms with van der Waals surface area (Å²) >= 11 is 0. The molecule has 364 valence electrons. The van der Waals surface area contributed by atoms with E-state index >= 15 is 0 Å². The second kappa shape index (κ2) is 44.4. The molecule has 0 saturated heterocycles. The number of phosphoric acid groups is 1. The zero-order chi connectivity index (χ0) is 45.0. The maximum atomic E-state index is 12.8. The molecule has 0 aliphatic heterocycles. The van der Waals surface area contributed by atoms with E-state index in [-0.39, 0.29) is 19.1 Å². The molecule has 0 saturated carbocycles. The molecular formula is C52H105N2O6P. The summed E-state index contributed by atoms with van der Waals surface area (Å²) in [6.45, 7) is 4.59. The maximum absolute atomic E-state index is 12.8. The van der Waals surface area contributed by atoms with Gasteiger partial charge in [0.25, 0.3) is 7.82 Å². The number of rotatable bonds is 49. The smallest absolute Gasteiger partial charge is 0.268 e. The largest absolute Gasteiger partial charge is 0.756 e. The number of hydrogen-bond acceptors (Lipinski definition) is 6. The van der Waals surface area contributed by atoms with E-state index in [1.165, 1.54) is 199 Å². The van der Waals surface area contributed by atoms with Crippen LogP contribution in [0.4, 0.5) is 0 Å². The summed E-state index contributed by atoms with van der Waals surface area (Å²) in [4.78, 5) is 25.2. The summed E-state index contributed by atoms with van der Waals surface area (Å²) in [6, 6.07) is -0.878. The molecule has 0 heterocycles. The van der Waals surface area contributed by atoms with Crippen LogP contribution in [-0.2, 0) is 18.4 Å². The molecule has 3 atom stereocenters. The number of unbranched alkanes of at least 4 members (excludes halogenated alkanes) is 36. The topological polar surface area (TPSA) is 108 Å². The Labute approximate surface area is 380 Å². The zero-order valence-corrected chi connectivity index (χ0v) is 42.3. The molecule has 0 fully saturated rings. The molecule has 0 aliphatic carbocycles. The van der Waals surface area contributed by atoms with Crippen molar-refractivity contribution in [2.75, 3.05) is 40.9 Å². The fourth-order valence-corrected chi connectivity index (χ4v) is 8.76. The lowest BCUT2D eigenvalue weighted by atomic mass is 10.0. The van der Waals surface area contributed by atoms with Gasteiger partial charge in [0.2, 0.25) is 5.91 Å². The lowest BCUT2D eigenvalue weighted by molar-refractivity contribution is -0.870. The number of carbonyl (C=O) groups excluding carboxylic acids is 1. The van der Waals surface area contributed by atoms with Gasteiger partial charge in [0, 0.05) is 6.42 Å². The molecule has 0 radical (unpaired) electrons. The van der Waals surface area contributed by atoms with Crippen LogP contribution in [0.1, 0.15) is 264 Å². The highest BCUT2D eigenvalue weighted by molar-refractivity contribution is 7.45. The van der Waals surface area contributed by atoms with Gasteiger partial charge in [-0.15, -0.1) is 0 Å². The first kappa shape index (κ1) is 60.2. The number of likely N-dealkylation sites (N-methyl/N-ethyl adjacent to an activating group) is 1. The molecule has 61 heavy (non-hydrogen) atoms. The second-order valence-corrected chi connectivity index (χ2v) is 21.0. The Kier molecular flexibility index (Phi) is 43.9. The van der Waals surface area contributed by atoms with Crippen molar-refractivity contribution in [3.8, 4) is 0 Å². The molecule has 0 aromatic carbocycles. The van der Waals surface area contributed by atoms with E-state index in [1.807, 2.05) is 27.2 Å². The van der Waals surface area contributed by atoms with Crippen LogP contribution in [0.3, 0.4) is 0 Å². The molecule has 0 aromatic rings. The Morgan fingerprint density at radius 2 is 0.885 bits per heavy atom. The van der Waals surface area contributed by atoms with E-state index in [1.54, 1.807) is 6.08 Å². The summed E-state index contributed by atoms with van der Waals surface area (Å²) < 4.78 is 23.1. The minimum absolute atomic E-state index is 0.00124. The number of amides is 1. The van der Waals surface area contributed by atoms with Crippen LogP contribution in [-0.4, -0.2) is 68.5 Å². The first-order valence-electron chi connectivity index (χ1n) is 26.6. The Hall–Kier alpha value is -0.760. The third kappa shape index (κ3) is 47.0. The number of hydrogen-bond donors (Lipinski definition) is 2. The van der Waals surface area contributed by atoms with Gasteiger partial charge in [-0.1, -0.05) is 251 Å². The van der Waals surface area contributed by atoms with Crippen molar-refractivity contribution >= 4 is 13.7 Å². The molecular weight excluding hydrogens is 780 g/mol. The number of nitrogens with zero attached hydrogens (tertiary/aromatic N) is 1. The summed E-state index contributed by atoms with van der Waals surface area (Å²) in [5.41, 5.74) is 0. The van der Waals surface area contributed by atoms with E-state index in [2.05, 4.69) is 19.2 Å². The third-order valence-electron chi connectivity index (χ3n) is 12.2. The fourth-order valence-electron chi connectivity index (χ4n) is 8.04. The van der Waals surface area contributed by atoms with Crippen molar-refractivity contribution in [3.05, 3.63) is 12.2 Å². The highest BCUT2D eigenvalue weighted by Crippen LogP contribution is 2.38. The third-order valence-corrected chi connectivity index (χ3v) is 13.2. The lowest BCUT2D eigenvalue weighted by Crippen LogP contribution is -2.45. The Morgan fingerprint density at radius 3 is 1.23 bits per heavy atom. The summed E-state index contributed by atoms with van der Waals surface area (Å²) in [7, 11) is 1.27. The molecule has 0 rings (SSSR count). The van der Waals surface area contributed by atoms with Gasteiger partial charge in [-0.2, -0.15) is 0 Å². The predicted octanol–water partition coefficient (Wildman–Crippen LogP) is 14.8. The number of nitrogens with one attached hydrogen (secondary N) is 1. The standard InChI is InChI=1S/C52H105N2O6P/c1-6-8-10-12-14-15-16-17-18-19-20-21-22-23-24-25-26-27-28-29-30-31-32-33-34-35-36-37-38-39-40-42-44-46-52(56)53-50(51(55)45-43-41-13-11-9-7-2)49-60-61(57,58)59-48-47-54(3,4)5/h43,45,50-51,55H,6-42,44,46-49H2,1-5H3,(H-,53,56,57,58)/b45-43+. The van der Waals surface area contributed by atoms with Crippen LogP contribution < -0.4 is 10.2 Å². The van der Waals surface area contributed by atoms with E-state index in [4.69, 9.17) is 9.05 Å². The number of allylic oxidation sites excluding steroid dienone is 1. The molecule has 8 nitrogen and oxygen atoms in total. The summed E-state index contributed by atoms with van der Waals surface area (Å²) in [6.07, 6.45) is 53.5. The number of carbonyl (C=O) groups is 1. The van der Waals surface area contributed by atoms with Crippen LogP contribution in [0.5, 0.6) is 0 Å². The monoisotopic (exact) mass is 885 g/mol. The Balaban J connectivity index is 3.77. The van der Waals surface area contributed by atoms with Gasteiger partial charge in [-0.3, -0.25) is 9.36 Å². The van der Waals surface area contributed by atoms with Gasteiger partial charge in [0.05, 0.1) is 39.9 Å². The van der Waals surface area contributed by atoms with Gasteiger partial charge in [0.15, 0.2) is 0 Å². The SMILES string of the molecule is CCCCCC/C=C/C(O)C(COP(=O)([O-])OCC[N+](C)(C)C)NC(=O)CCCCCCCCCCCCCCCCCCCCCCCCCCCCCCCCCCC. The minimum atomic E-state index is -4.57. The summed E-state index contributed by atoms with van der Waals surface area (Å²) in [5, 5.41) is 13.6. The van der Waals surface area contributed by atoms with Gasteiger partial charge >= 0.3 is 0 Å². The molecule has 0 aromatic heterocycles. The number of quaternary nitrogens is 1. The van der Waals surface area contributed by atoms with Crippen LogP contribution in [0.25, 0.3) is 0 Å². The van der Waals surface area contributed by atoms with Crippen molar-refractivity contribution in [2.24, 2.45) is 0 Å². The van der Waals surface area contributed by atoms with Crippen molar-refractivity contribution in [1.29, 1.82) is 0 Å². The van der Waals surface area contributed by atoms with Crippen LogP contribution in [0, 0.1) is 0 Å². The highest BCUT2D eigenvalue weighted by atomic mass is 31.2. The molecule has 2 N–H and O–H groups in total. The van der Waals surface area contributed by atoms with E-state index in [0.717, 1.165) is 44.9 Å². The summed E-state index contributed by atoms with van der Waals surface area (Å²) in [5.74, 6) is -0.198. The average Bonchev–Trinajstić information content (AvgIpc) is 3.21. The first-order valence-corrected chi connectivity index (χ1v) is 28.0. The van der Waals surface area contributed by atoms with E-state index in [9.17, 15) is 19.4 Å². The van der Waals surface area contributed by atoms with Gasteiger partial charge in [0.1, 0.15) is 13.2 Å². The number of aliphatic hydroxyl groups excluding tert-OH is 1. The van der Waals surface area contributed by atoms with Crippen molar-refractivity contribution in [2.45, 2.75) is 276 Å². The molecule has 0 spiro atoms. The molecule has 3 unspecified atom stereocenters. The van der Waals surface area contributed by atoms with Gasteiger partial charge in [-0.05, 0) is 19.3 Å². The zero-order valence-electron chi connectivity index (χ0n) is 41.4. The quantitative estimate of drug-likeness (QED) is 0.0273. The first-order chi connectivity index (χ1) is 29.5. The van der Waals surface area contributed by atoms with E-state index in [0.29, 0.717) is 17.4 Å². The normalized spacial score (nSPS) is 14.1. The van der Waals surface area contributed by atoms with E-state index < -0.39 is 20.0 Å². The van der Waals surface area contributed by atoms with Crippen LogP contribution in [0.15, 0.2) is 12.2 Å². The Bertz CT molecular complexity index is 1000. The second-order valence-electron chi connectivity index (χ2n) is 19.6.